The largest absolute Gasteiger partial charge is 0.493 e. The fraction of sp³-hybridized carbons (Fsp3) is 0.412. The highest BCUT2D eigenvalue weighted by Gasteiger charge is 2.35. The van der Waals surface area contributed by atoms with Crippen LogP contribution in [0.4, 0.5) is 0 Å². The minimum absolute atomic E-state index is 0.0720. The van der Waals surface area contributed by atoms with Crippen molar-refractivity contribution in [2.45, 2.75) is 52.0 Å². The Morgan fingerprint density at radius 1 is 1.11 bits per heavy atom. The average Bonchev–Trinajstić information content (AvgIpc) is 3.05. The minimum atomic E-state index is -0.612. The fourth-order valence-corrected chi connectivity index (χ4v) is 5.89. The molecule has 0 radical (unpaired) electrons. The lowest BCUT2D eigenvalue weighted by atomic mass is 10.0. The van der Waals surface area contributed by atoms with E-state index in [1.165, 1.54) is 12.0 Å². The van der Waals surface area contributed by atoms with E-state index in [-0.39, 0.29) is 56.0 Å². The maximum Gasteiger partial charge on any atom is 0.263 e. The van der Waals surface area contributed by atoms with Gasteiger partial charge < -0.3 is 39.0 Å². The van der Waals surface area contributed by atoms with Crippen molar-refractivity contribution in [1.29, 1.82) is 0 Å². The van der Waals surface area contributed by atoms with E-state index in [0.29, 0.717) is 36.8 Å². The molecule has 12 heteroatoms. The summed E-state index contributed by atoms with van der Waals surface area (Å²) in [6, 6.07) is 14.8. The van der Waals surface area contributed by atoms with E-state index in [4.69, 9.17) is 14.2 Å². The minimum Gasteiger partial charge on any atom is -0.493 e. The molecule has 0 aliphatic carbocycles. The number of pyridine rings is 1. The summed E-state index contributed by atoms with van der Waals surface area (Å²) in [5.41, 5.74) is 1.60. The molecule has 3 amide bonds. The molecule has 1 aromatic heterocycles. The van der Waals surface area contributed by atoms with Crippen LogP contribution in [0.15, 0.2) is 59.4 Å². The topological polar surface area (TPSA) is 140 Å². The van der Waals surface area contributed by atoms with Crippen molar-refractivity contribution in [1.82, 2.24) is 19.7 Å². The lowest BCUT2D eigenvalue weighted by Gasteiger charge is -2.39. The number of nitrogens with zero attached hydrogens (tertiary/aromatic N) is 3. The quantitative estimate of drug-likeness (QED) is 0.423. The molecule has 0 spiro atoms. The van der Waals surface area contributed by atoms with Gasteiger partial charge in [0.05, 0.1) is 32.4 Å². The molecule has 2 aliphatic heterocycles. The first kappa shape index (κ1) is 32.7. The number of benzene rings is 2. The lowest BCUT2D eigenvalue weighted by Crippen LogP contribution is -2.58. The predicted molar refractivity (Wildman–Crippen MR) is 169 cm³/mol. The van der Waals surface area contributed by atoms with Gasteiger partial charge in [0.1, 0.15) is 11.3 Å². The molecule has 46 heavy (non-hydrogen) atoms. The molecule has 4 bridgehead atoms. The predicted octanol–water partition coefficient (Wildman–Crippen LogP) is 2.73. The lowest BCUT2D eigenvalue weighted by molar-refractivity contribution is -0.125. The van der Waals surface area contributed by atoms with Crippen molar-refractivity contribution < 1.29 is 33.7 Å². The van der Waals surface area contributed by atoms with Crippen LogP contribution in [0.1, 0.15) is 51.7 Å². The number of ether oxygens (including phenoxy) is 3. The van der Waals surface area contributed by atoms with Gasteiger partial charge in [-0.2, -0.15) is 0 Å². The molecule has 0 saturated carbocycles. The van der Waals surface area contributed by atoms with Crippen LogP contribution in [0.3, 0.4) is 0 Å². The van der Waals surface area contributed by atoms with E-state index < -0.39 is 29.9 Å². The number of aliphatic hydroxyl groups excluding tert-OH is 1. The first-order chi connectivity index (χ1) is 22.2. The Labute approximate surface area is 267 Å². The molecule has 2 N–H and O–H groups in total. The summed E-state index contributed by atoms with van der Waals surface area (Å²) in [5.74, 6) is 0.0174. The number of aryl methyl sites for hydroxylation is 1. The smallest absolute Gasteiger partial charge is 0.263 e. The van der Waals surface area contributed by atoms with Gasteiger partial charge in [0.25, 0.3) is 17.4 Å². The van der Waals surface area contributed by atoms with E-state index in [2.05, 4.69) is 5.32 Å². The Bertz CT molecular complexity index is 1650. The molecule has 1 fully saturated rings. The number of fused-ring (bicyclic) bond motifs is 5. The number of carbonyl (C=O) groups excluding carboxylic acids is 3. The zero-order valence-electron chi connectivity index (χ0n) is 26.4. The second-order valence-electron chi connectivity index (χ2n) is 11.4. The summed E-state index contributed by atoms with van der Waals surface area (Å²) in [6.07, 6.45) is 0.231. The Kier molecular flexibility index (Phi) is 10.4. The molecule has 3 aromatic rings. The molecule has 1 saturated heterocycles. The van der Waals surface area contributed by atoms with Gasteiger partial charge in [0, 0.05) is 44.0 Å². The van der Waals surface area contributed by atoms with E-state index in [0.717, 1.165) is 11.3 Å². The van der Waals surface area contributed by atoms with Crippen LogP contribution in [0.5, 0.6) is 17.2 Å². The number of piperidine rings is 1. The van der Waals surface area contributed by atoms with Gasteiger partial charge in [-0.3, -0.25) is 19.2 Å². The van der Waals surface area contributed by atoms with Gasteiger partial charge in [0.15, 0.2) is 11.5 Å². The first-order valence-electron chi connectivity index (χ1n) is 15.5. The number of aliphatic hydroxyl groups is 1. The first-order valence-corrected chi connectivity index (χ1v) is 15.5. The van der Waals surface area contributed by atoms with Crippen LogP contribution in [0.2, 0.25) is 0 Å². The normalized spacial score (nSPS) is 18.8. The summed E-state index contributed by atoms with van der Waals surface area (Å²) in [4.78, 5) is 56.8. The number of aromatic nitrogens is 1. The van der Waals surface area contributed by atoms with Crippen molar-refractivity contribution in [3.05, 3.63) is 87.3 Å². The summed E-state index contributed by atoms with van der Waals surface area (Å²) in [7, 11) is 1.51. The van der Waals surface area contributed by atoms with Crippen molar-refractivity contribution in [3.63, 3.8) is 0 Å². The van der Waals surface area contributed by atoms with Crippen LogP contribution < -0.4 is 20.3 Å². The molecule has 5 rings (SSSR count). The third-order valence-electron chi connectivity index (χ3n) is 8.33. The summed E-state index contributed by atoms with van der Waals surface area (Å²) in [5, 5.41) is 12.5. The molecular formula is C34H40N4O8. The van der Waals surface area contributed by atoms with Crippen LogP contribution in [0, 0.1) is 6.92 Å². The van der Waals surface area contributed by atoms with Crippen molar-refractivity contribution >= 4 is 17.7 Å². The summed E-state index contributed by atoms with van der Waals surface area (Å²) < 4.78 is 19.5. The maximum atomic E-state index is 13.7. The second kappa shape index (κ2) is 14.6. The number of amides is 3. The third kappa shape index (κ3) is 7.24. The zero-order chi connectivity index (χ0) is 32.8. The Morgan fingerprint density at radius 2 is 1.93 bits per heavy atom. The number of nitrogens with one attached hydrogen (secondary N) is 1. The molecule has 0 unspecified atom stereocenters. The van der Waals surface area contributed by atoms with E-state index in [9.17, 15) is 24.3 Å². The number of carbonyl (C=O) groups is 3. The van der Waals surface area contributed by atoms with E-state index in [1.807, 2.05) is 32.0 Å². The van der Waals surface area contributed by atoms with Crippen LogP contribution >= 0.6 is 0 Å². The van der Waals surface area contributed by atoms with Gasteiger partial charge in [-0.05, 0) is 74.7 Å². The van der Waals surface area contributed by atoms with Gasteiger partial charge in [-0.25, -0.2) is 0 Å². The Morgan fingerprint density at radius 3 is 2.70 bits per heavy atom. The number of hydrogen-bond donors (Lipinski definition) is 2. The summed E-state index contributed by atoms with van der Waals surface area (Å²) >= 11 is 0. The van der Waals surface area contributed by atoms with E-state index >= 15 is 0 Å². The molecule has 244 valence electrons. The molecular weight excluding hydrogens is 592 g/mol. The van der Waals surface area contributed by atoms with Gasteiger partial charge in [0.2, 0.25) is 5.91 Å². The standard InChI is InChI=1S/C34H40N4O8/c1-4-38-22(2)9-11-26(34(38)43)33(42)37-15-13-28-27(19-37)35-31(40)20-36(14-6-16-39)32(41)24-10-12-29(44-3)30(18-24)46-25-8-5-7-23(17-25)21-45-28/h5,7-12,17-18,27-28,39H,4,6,13-16,19-21H2,1-3H3,(H,35,40)/t27-,28-/m0/s1. The SMILES string of the molecule is CCn1c(C)ccc(C(=O)N2CC[C@@H]3OCc4cccc(c4)Oc4cc(ccc4OC)C(=O)N(CCCO)CC(=O)N[C@H]3C2)c1=O. The molecule has 2 atom stereocenters. The highest BCUT2D eigenvalue weighted by molar-refractivity contribution is 5.97. The highest BCUT2D eigenvalue weighted by Crippen LogP contribution is 2.33. The second-order valence-corrected chi connectivity index (χ2v) is 11.4. The number of hydrogen-bond acceptors (Lipinski definition) is 8. The Balaban J connectivity index is 1.46. The monoisotopic (exact) mass is 632 g/mol. The van der Waals surface area contributed by atoms with Crippen LogP contribution in [-0.4, -0.2) is 89.2 Å². The van der Waals surface area contributed by atoms with Crippen LogP contribution in [-0.2, 0) is 22.7 Å². The highest BCUT2D eigenvalue weighted by atomic mass is 16.5. The van der Waals surface area contributed by atoms with Crippen LogP contribution in [0.25, 0.3) is 0 Å². The van der Waals surface area contributed by atoms with Crippen molar-refractivity contribution in [3.8, 4) is 17.2 Å². The summed E-state index contributed by atoms with van der Waals surface area (Å²) in [6.45, 7) is 4.47. The third-order valence-corrected chi connectivity index (χ3v) is 8.33. The zero-order valence-corrected chi connectivity index (χ0v) is 26.4. The molecule has 3 heterocycles. The maximum absolute atomic E-state index is 13.7. The van der Waals surface area contributed by atoms with Crippen molar-refractivity contribution in [2.24, 2.45) is 0 Å². The fourth-order valence-electron chi connectivity index (χ4n) is 5.89. The van der Waals surface area contributed by atoms with Gasteiger partial charge in [-0.15, -0.1) is 0 Å². The van der Waals surface area contributed by atoms with Crippen molar-refractivity contribution in [2.75, 3.05) is 39.9 Å². The van der Waals surface area contributed by atoms with E-state index in [1.54, 1.807) is 45.9 Å². The van der Waals surface area contributed by atoms with Gasteiger partial charge >= 0.3 is 0 Å². The number of methoxy groups -OCH3 is 1. The number of rotatable bonds is 6. The molecule has 2 aromatic carbocycles. The Hall–Kier alpha value is -4.68. The number of likely N-dealkylation sites (tertiary alicyclic amines) is 1. The molecule has 2 aliphatic rings. The molecule has 12 nitrogen and oxygen atoms in total. The average molecular weight is 633 g/mol. The van der Waals surface area contributed by atoms with Gasteiger partial charge in [-0.1, -0.05) is 12.1 Å².